The summed E-state index contributed by atoms with van der Waals surface area (Å²) < 4.78 is 45.0. The standard InChI is InChI=1S/C24H25F3N6O2/c1-15-2-3-18(12-20(15)24(25,26)27)33-23(34)32-16-4-6-19(7-5-16)35-22-13-21(29-14-30-22)31-17-8-10-28-11-9-17/h2-7,12-14,17,28H,8-11H2,1H3,(H,29,30,31)(H2,32,33,34). The smallest absolute Gasteiger partial charge is 0.416 e. The molecule has 11 heteroatoms. The van der Waals surface area contributed by atoms with Crippen molar-refractivity contribution >= 4 is 23.2 Å². The molecule has 1 aliphatic heterocycles. The van der Waals surface area contributed by atoms with Crippen LogP contribution in [0.5, 0.6) is 11.6 Å². The Morgan fingerprint density at radius 1 is 1.00 bits per heavy atom. The summed E-state index contributed by atoms with van der Waals surface area (Å²) in [4.78, 5) is 20.6. The fourth-order valence-corrected chi connectivity index (χ4v) is 3.68. The van der Waals surface area contributed by atoms with Crippen molar-refractivity contribution in [1.29, 1.82) is 0 Å². The lowest BCUT2D eigenvalue weighted by Gasteiger charge is -2.24. The SMILES string of the molecule is Cc1ccc(NC(=O)Nc2ccc(Oc3cc(NC4CCNCC4)ncn3)cc2)cc1C(F)(F)F. The Bertz CT molecular complexity index is 1160. The molecule has 3 aromatic rings. The van der Waals surface area contributed by atoms with Gasteiger partial charge in [0.05, 0.1) is 5.56 Å². The van der Waals surface area contributed by atoms with E-state index in [1.165, 1.54) is 25.4 Å². The third kappa shape index (κ3) is 6.82. The lowest BCUT2D eigenvalue weighted by molar-refractivity contribution is -0.138. The van der Waals surface area contributed by atoms with Gasteiger partial charge in [-0.1, -0.05) is 6.07 Å². The molecule has 35 heavy (non-hydrogen) atoms. The van der Waals surface area contributed by atoms with Crippen LogP contribution in [-0.4, -0.2) is 35.1 Å². The van der Waals surface area contributed by atoms with Crippen LogP contribution in [0.25, 0.3) is 0 Å². The Balaban J connectivity index is 1.33. The Morgan fingerprint density at radius 2 is 1.69 bits per heavy atom. The Labute approximate surface area is 200 Å². The molecule has 2 amide bonds. The molecule has 1 saturated heterocycles. The van der Waals surface area contributed by atoms with E-state index >= 15 is 0 Å². The van der Waals surface area contributed by atoms with Crippen LogP contribution >= 0.6 is 0 Å². The molecule has 1 fully saturated rings. The molecule has 0 aliphatic carbocycles. The second kappa shape index (κ2) is 10.6. The number of nitrogens with zero attached hydrogens (tertiary/aromatic N) is 2. The number of urea groups is 1. The van der Waals surface area contributed by atoms with Crippen molar-refractivity contribution in [3.8, 4) is 11.6 Å². The van der Waals surface area contributed by atoms with Crippen LogP contribution in [0.4, 0.5) is 35.2 Å². The number of anilines is 3. The van der Waals surface area contributed by atoms with Crippen molar-refractivity contribution in [2.24, 2.45) is 0 Å². The molecule has 2 heterocycles. The quantitative estimate of drug-likeness (QED) is 0.372. The van der Waals surface area contributed by atoms with Crippen LogP contribution in [0.1, 0.15) is 24.0 Å². The first-order valence-corrected chi connectivity index (χ1v) is 11.1. The molecule has 4 rings (SSSR count). The highest BCUT2D eigenvalue weighted by Crippen LogP contribution is 2.33. The van der Waals surface area contributed by atoms with Crippen molar-refractivity contribution in [1.82, 2.24) is 15.3 Å². The maximum Gasteiger partial charge on any atom is 0.416 e. The molecule has 2 aromatic carbocycles. The number of piperidine rings is 1. The molecule has 184 valence electrons. The second-order valence-electron chi connectivity index (χ2n) is 8.14. The molecular weight excluding hydrogens is 461 g/mol. The van der Waals surface area contributed by atoms with Gasteiger partial charge >= 0.3 is 12.2 Å². The molecular formula is C24H25F3N6O2. The lowest BCUT2D eigenvalue weighted by atomic mass is 10.1. The van der Waals surface area contributed by atoms with Crippen molar-refractivity contribution in [2.75, 3.05) is 29.0 Å². The van der Waals surface area contributed by atoms with Crippen molar-refractivity contribution < 1.29 is 22.7 Å². The molecule has 0 atom stereocenters. The second-order valence-corrected chi connectivity index (χ2v) is 8.14. The van der Waals surface area contributed by atoms with E-state index in [1.807, 2.05) is 0 Å². The fraction of sp³-hybridized carbons (Fsp3) is 0.292. The highest BCUT2D eigenvalue weighted by molar-refractivity contribution is 5.99. The number of carbonyl (C=O) groups excluding carboxylic acids is 1. The number of aryl methyl sites for hydroxylation is 1. The number of amides is 2. The summed E-state index contributed by atoms with van der Waals surface area (Å²) in [6.45, 7) is 3.29. The van der Waals surface area contributed by atoms with E-state index < -0.39 is 17.8 Å². The molecule has 0 radical (unpaired) electrons. The Morgan fingerprint density at radius 3 is 2.40 bits per heavy atom. The van der Waals surface area contributed by atoms with Crippen LogP contribution in [0, 0.1) is 6.92 Å². The van der Waals surface area contributed by atoms with Crippen LogP contribution in [0.2, 0.25) is 0 Å². The predicted octanol–water partition coefficient (Wildman–Crippen LogP) is 5.40. The molecule has 0 saturated carbocycles. The fourth-order valence-electron chi connectivity index (χ4n) is 3.68. The zero-order valence-corrected chi connectivity index (χ0v) is 18.9. The van der Waals surface area contributed by atoms with Gasteiger partial charge in [0.1, 0.15) is 17.9 Å². The first-order chi connectivity index (χ1) is 16.8. The number of carbonyl (C=O) groups is 1. The van der Waals surface area contributed by atoms with Crippen LogP contribution in [0.15, 0.2) is 54.9 Å². The van der Waals surface area contributed by atoms with Crippen molar-refractivity contribution in [3.63, 3.8) is 0 Å². The van der Waals surface area contributed by atoms with Gasteiger partial charge in [0.2, 0.25) is 5.88 Å². The van der Waals surface area contributed by atoms with Gasteiger partial charge in [-0.05, 0) is 74.8 Å². The number of benzene rings is 2. The Kier molecular flexibility index (Phi) is 7.35. The largest absolute Gasteiger partial charge is 0.439 e. The summed E-state index contributed by atoms with van der Waals surface area (Å²) in [6.07, 6.45) is -1.05. The van der Waals surface area contributed by atoms with E-state index in [0.29, 0.717) is 29.2 Å². The molecule has 0 bridgehead atoms. The van der Waals surface area contributed by atoms with Crippen LogP contribution in [0.3, 0.4) is 0 Å². The third-order valence-electron chi connectivity index (χ3n) is 5.47. The summed E-state index contributed by atoms with van der Waals surface area (Å²) in [7, 11) is 0. The first-order valence-electron chi connectivity index (χ1n) is 11.1. The maximum atomic E-state index is 13.1. The minimum atomic E-state index is -4.50. The zero-order chi connectivity index (χ0) is 24.8. The van der Waals surface area contributed by atoms with E-state index in [0.717, 1.165) is 32.0 Å². The highest BCUT2D eigenvalue weighted by Gasteiger charge is 2.32. The molecule has 4 N–H and O–H groups in total. The topological polar surface area (TPSA) is 100 Å². The van der Waals surface area contributed by atoms with Gasteiger partial charge < -0.3 is 26.0 Å². The number of ether oxygens (including phenoxy) is 1. The minimum absolute atomic E-state index is 0.0399. The number of alkyl halides is 3. The van der Waals surface area contributed by atoms with E-state index in [4.69, 9.17) is 4.74 Å². The number of hydrogen-bond acceptors (Lipinski definition) is 6. The van der Waals surface area contributed by atoms with Crippen LogP contribution in [-0.2, 0) is 6.18 Å². The van der Waals surface area contributed by atoms with Gasteiger partial charge in [-0.15, -0.1) is 0 Å². The van der Waals surface area contributed by atoms with Crippen molar-refractivity contribution in [2.45, 2.75) is 32.0 Å². The average molecular weight is 486 g/mol. The van der Waals surface area contributed by atoms with Gasteiger partial charge in [0.15, 0.2) is 0 Å². The third-order valence-corrected chi connectivity index (χ3v) is 5.47. The highest BCUT2D eigenvalue weighted by atomic mass is 19.4. The zero-order valence-electron chi connectivity index (χ0n) is 18.9. The number of hydrogen-bond donors (Lipinski definition) is 4. The molecule has 1 aromatic heterocycles. The summed E-state index contributed by atoms with van der Waals surface area (Å²) in [5.41, 5.74) is -0.237. The van der Waals surface area contributed by atoms with Gasteiger partial charge in [0, 0.05) is 23.5 Å². The van der Waals surface area contributed by atoms with Crippen molar-refractivity contribution in [3.05, 3.63) is 66.0 Å². The first kappa shape index (κ1) is 24.3. The maximum absolute atomic E-state index is 13.1. The van der Waals surface area contributed by atoms with Gasteiger partial charge in [-0.2, -0.15) is 13.2 Å². The predicted molar refractivity (Wildman–Crippen MR) is 127 cm³/mol. The molecule has 1 aliphatic rings. The average Bonchev–Trinajstić information content (AvgIpc) is 2.82. The number of nitrogens with one attached hydrogen (secondary N) is 4. The summed E-state index contributed by atoms with van der Waals surface area (Å²) in [6, 6.07) is 11.5. The Hall–Kier alpha value is -3.86. The number of aromatic nitrogens is 2. The van der Waals surface area contributed by atoms with Gasteiger partial charge in [-0.25, -0.2) is 14.8 Å². The summed E-state index contributed by atoms with van der Waals surface area (Å²) in [5, 5.41) is 11.7. The number of halogens is 3. The molecule has 0 spiro atoms. The summed E-state index contributed by atoms with van der Waals surface area (Å²) in [5.74, 6) is 1.55. The van der Waals surface area contributed by atoms with Crippen LogP contribution < -0.4 is 26.0 Å². The van der Waals surface area contributed by atoms with Gasteiger partial charge in [-0.3, -0.25) is 0 Å². The molecule has 0 unspecified atom stereocenters. The van der Waals surface area contributed by atoms with Gasteiger partial charge in [0.25, 0.3) is 0 Å². The monoisotopic (exact) mass is 486 g/mol. The minimum Gasteiger partial charge on any atom is -0.439 e. The van der Waals surface area contributed by atoms with E-state index in [1.54, 1.807) is 30.3 Å². The van der Waals surface area contributed by atoms with E-state index in [9.17, 15) is 18.0 Å². The summed E-state index contributed by atoms with van der Waals surface area (Å²) >= 11 is 0. The normalized spacial score (nSPS) is 14.3. The van der Waals surface area contributed by atoms with E-state index in [2.05, 4.69) is 31.2 Å². The molecule has 8 nitrogen and oxygen atoms in total. The lowest BCUT2D eigenvalue weighted by Crippen LogP contribution is -2.35. The number of rotatable bonds is 6. The van der Waals surface area contributed by atoms with E-state index in [-0.39, 0.29) is 11.3 Å².